The highest BCUT2D eigenvalue weighted by molar-refractivity contribution is 14.0. The molecule has 0 saturated carbocycles. The average molecular weight is 571 g/mol. The molecule has 8 nitrogen and oxygen atoms in total. The summed E-state index contributed by atoms with van der Waals surface area (Å²) in [7, 11) is 1.64. The van der Waals surface area contributed by atoms with Crippen LogP contribution in [0.1, 0.15) is 16.7 Å². The number of ether oxygens (including phenoxy) is 3. The van der Waals surface area contributed by atoms with Crippen LogP contribution >= 0.6 is 24.0 Å². The fourth-order valence-corrected chi connectivity index (χ4v) is 3.25. The SMILES string of the molecule is CN=C(NCc1ccc(Cn2ccnc2)cc1)NCc1cc2c(cc1OC(F)F)OCO2.I. The number of imidazole rings is 1. The van der Waals surface area contributed by atoms with E-state index < -0.39 is 6.61 Å². The molecule has 0 unspecified atom stereocenters. The van der Waals surface area contributed by atoms with Crippen LogP contribution in [-0.4, -0.2) is 36.0 Å². The third-order valence-corrected chi connectivity index (χ3v) is 4.85. The Kier molecular flexibility index (Phi) is 8.69. The first-order valence-electron chi connectivity index (χ1n) is 9.96. The number of aliphatic imine (C=N–C) groups is 1. The van der Waals surface area contributed by atoms with Crippen LogP contribution in [0, 0.1) is 0 Å². The summed E-state index contributed by atoms with van der Waals surface area (Å²) in [5, 5.41) is 6.32. The summed E-state index contributed by atoms with van der Waals surface area (Å²) in [6.07, 6.45) is 5.45. The summed E-state index contributed by atoms with van der Waals surface area (Å²) < 4.78 is 42.8. The van der Waals surface area contributed by atoms with E-state index in [9.17, 15) is 8.78 Å². The molecule has 1 aliphatic heterocycles. The highest BCUT2D eigenvalue weighted by Crippen LogP contribution is 2.38. The first kappa shape index (κ1) is 24.6. The van der Waals surface area contributed by atoms with Gasteiger partial charge in [0, 0.05) is 50.7 Å². The smallest absolute Gasteiger partial charge is 0.387 e. The van der Waals surface area contributed by atoms with E-state index in [0.29, 0.717) is 29.6 Å². The number of fused-ring (bicyclic) bond motifs is 1. The monoisotopic (exact) mass is 571 g/mol. The Morgan fingerprint density at radius 2 is 1.82 bits per heavy atom. The predicted molar refractivity (Wildman–Crippen MR) is 129 cm³/mol. The van der Waals surface area contributed by atoms with Crippen LogP contribution in [0.2, 0.25) is 0 Å². The van der Waals surface area contributed by atoms with E-state index in [-0.39, 0.29) is 43.1 Å². The van der Waals surface area contributed by atoms with Crippen molar-refractivity contribution in [3.63, 3.8) is 0 Å². The van der Waals surface area contributed by atoms with E-state index in [4.69, 9.17) is 9.47 Å². The third kappa shape index (κ3) is 6.70. The summed E-state index contributed by atoms with van der Waals surface area (Å²) in [5.41, 5.74) is 2.75. The van der Waals surface area contributed by atoms with Gasteiger partial charge in [0.2, 0.25) is 6.79 Å². The van der Waals surface area contributed by atoms with Crippen molar-refractivity contribution in [2.24, 2.45) is 4.99 Å². The number of nitrogens with zero attached hydrogens (tertiary/aromatic N) is 3. The fraction of sp³-hybridized carbons (Fsp3) is 0.273. The van der Waals surface area contributed by atoms with E-state index in [0.717, 1.165) is 12.1 Å². The topological polar surface area (TPSA) is 81.9 Å². The van der Waals surface area contributed by atoms with E-state index in [2.05, 4.69) is 37.5 Å². The minimum atomic E-state index is -2.94. The average Bonchev–Trinajstić information content (AvgIpc) is 3.46. The van der Waals surface area contributed by atoms with Gasteiger partial charge in [-0.1, -0.05) is 24.3 Å². The maximum atomic E-state index is 12.8. The summed E-state index contributed by atoms with van der Waals surface area (Å²) in [6.45, 7) is -1.38. The van der Waals surface area contributed by atoms with Gasteiger partial charge in [0.1, 0.15) is 5.75 Å². The number of hydrogen-bond donors (Lipinski definition) is 2. The molecule has 11 heteroatoms. The zero-order valence-electron chi connectivity index (χ0n) is 17.8. The quantitative estimate of drug-likeness (QED) is 0.244. The molecule has 0 aliphatic carbocycles. The van der Waals surface area contributed by atoms with Crippen LogP contribution in [0.25, 0.3) is 0 Å². The fourth-order valence-electron chi connectivity index (χ4n) is 3.25. The van der Waals surface area contributed by atoms with Crippen molar-refractivity contribution in [3.8, 4) is 17.2 Å². The Hall–Kier alpha value is -3.09. The molecule has 0 fully saturated rings. The number of halogens is 3. The second-order valence-electron chi connectivity index (χ2n) is 7.02. The Labute approximate surface area is 207 Å². The van der Waals surface area contributed by atoms with Crippen LogP contribution in [0.3, 0.4) is 0 Å². The molecule has 33 heavy (non-hydrogen) atoms. The number of rotatable bonds is 8. The molecule has 0 saturated heterocycles. The first-order chi connectivity index (χ1) is 15.6. The number of aromatic nitrogens is 2. The molecule has 3 aromatic rings. The second-order valence-corrected chi connectivity index (χ2v) is 7.02. The first-order valence-corrected chi connectivity index (χ1v) is 9.96. The van der Waals surface area contributed by atoms with Crippen LogP contribution in [0.15, 0.2) is 60.1 Å². The summed E-state index contributed by atoms with van der Waals surface area (Å²) >= 11 is 0. The van der Waals surface area contributed by atoms with Crippen LogP contribution < -0.4 is 24.8 Å². The van der Waals surface area contributed by atoms with Gasteiger partial charge in [0.25, 0.3) is 0 Å². The molecule has 0 radical (unpaired) electrons. The zero-order chi connectivity index (χ0) is 22.3. The lowest BCUT2D eigenvalue weighted by molar-refractivity contribution is -0.0505. The Balaban J connectivity index is 0.00000306. The molecule has 0 spiro atoms. The molecule has 1 aliphatic rings. The van der Waals surface area contributed by atoms with Crippen molar-refractivity contribution in [3.05, 3.63) is 71.8 Å². The molecule has 1 aromatic heterocycles. The number of hydrogen-bond acceptors (Lipinski definition) is 5. The van der Waals surface area contributed by atoms with Crippen molar-refractivity contribution in [2.45, 2.75) is 26.2 Å². The lowest BCUT2D eigenvalue weighted by atomic mass is 10.1. The van der Waals surface area contributed by atoms with Crippen LogP contribution in [0.4, 0.5) is 8.78 Å². The van der Waals surface area contributed by atoms with Gasteiger partial charge in [0.15, 0.2) is 17.5 Å². The van der Waals surface area contributed by atoms with Crippen LogP contribution in [0.5, 0.6) is 17.2 Å². The minimum Gasteiger partial charge on any atom is -0.454 e. The second kappa shape index (κ2) is 11.7. The van der Waals surface area contributed by atoms with Crippen molar-refractivity contribution in [1.29, 1.82) is 0 Å². The van der Waals surface area contributed by atoms with Gasteiger partial charge in [-0.2, -0.15) is 8.78 Å². The molecule has 2 N–H and O–H groups in total. The van der Waals surface area contributed by atoms with Gasteiger partial charge in [0.05, 0.1) is 6.33 Å². The summed E-state index contributed by atoms with van der Waals surface area (Å²) in [4.78, 5) is 8.23. The van der Waals surface area contributed by atoms with Gasteiger partial charge >= 0.3 is 6.61 Å². The minimum absolute atomic E-state index is 0. The molecule has 4 rings (SSSR count). The van der Waals surface area contributed by atoms with Gasteiger partial charge < -0.3 is 29.4 Å². The van der Waals surface area contributed by atoms with Gasteiger partial charge in [-0.15, -0.1) is 24.0 Å². The van der Waals surface area contributed by atoms with Gasteiger partial charge in [-0.25, -0.2) is 4.98 Å². The molecule has 176 valence electrons. The molecular weight excluding hydrogens is 547 g/mol. The highest BCUT2D eigenvalue weighted by atomic mass is 127. The third-order valence-electron chi connectivity index (χ3n) is 4.85. The molecule has 0 bridgehead atoms. The number of alkyl halides is 2. The van der Waals surface area contributed by atoms with E-state index in [1.165, 1.54) is 11.6 Å². The zero-order valence-corrected chi connectivity index (χ0v) is 20.2. The highest BCUT2D eigenvalue weighted by Gasteiger charge is 2.20. The van der Waals surface area contributed by atoms with Gasteiger partial charge in [-0.3, -0.25) is 4.99 Å². The maximum Gasteiger partial charge on any atom is 0.387 e. The number of guanidine groups is 1. The maximum absolute atomic E-state index is 12.8. The summed E-state index contributed by atoms with van der Waals surface area (Å²) in [5.74, 6) is 1.42. The lowest BCUT2D eigenvalue weighted by Gasteiger charge is -2.15. The van der Waals surface area contributed by atoms with E-state index >= 15 is 0 Å². The summed E-state index contributed by atoms with van der Waals surface area (Å²) in [6, 6.07) is 11.2. The number of benzene rings is 2. The Morgan fingerprint density at radius 3 is 2.48 bits per heavy atom. The van der Waals surface area contributed by atoms with Crippen molar-refractivity contribution < 1.29 is 23.0 Å². The van der Waals surface area contributed by atoms with E-state index in [1.54, 1.807) is 25.6 Å². The lowest BCUT2D eigenvalue weighted by Crippen LogP contribution is -2.36. The Bertz CT molecular complexity index is 1060. The molecule has 0 amide bonds. The predicted octanol–water partition coefficient (Wildman–Crippen LogP) is 3.74. The largest absolute Gasteiger partial charge is 0.454 e. The van der Waals surface area contributed by atoms with Crippen molar-refractivity contribution >= 4 is 29.9 Å². The Morgan fingerprint density at radius 1 is 1.12 bits per heavy atom. The van der Waals surface area contributed by atoms with Gasteiger partial charge in [-0.05, 0) is 17.2 Å². The number of nitrogens with one attached hydrogen (secondary N) is 2. The van der Waals surface area contributed by atoms with Crippen molar-refractivity contribution in [2.75, 3.05) is 13.8 Å². The van der Waals surface area contributed by atoms with E-state index in [1.807, 2.05) is 22.9 Å². The normalized spacial score (nSPS) is 12.4. The molecule has 2 heterocycles. The molecule has 0 atom stereocenters. The molecular formula is C22H24F2IN5O3. The van der Waals surface area contributed by atoms with Crippen molar-refractivity contribution in [1.82, 2.24) is 20.2 Å². The standard InChI is InChI=1S/C22H23F2N5O3.HI/c1-25-22(27-10-15-2-4-16(5-3-15)12-29-7-6-26-13-29)28-11-17-8-19-20(31-14-30-19)9-18(17)32-21(23)24;/h2-9,13,21H,10-12,14H2,1H3,(H2,25,27,28);1H. The molecule has 2 aromatic carbocycles. The van der Waals surface area contributed by atoms with Crippen LogP contribution in [-0.2, 0) is 19.6 Å².